The van der Waals surface area contributed by atoms with E-state index in [-0.39, 0.29) is 5.91 Å². The topological polar surface area (TPSA) is 55.6 Å². The predicted molar refractivity (Wildman–Crippen MR) is 131 cm³/mol. The highest BCUT2D eigenvalue weighted by atomic mass is 35.5. The van der Waals surface area contributed by atoms with Crippen molar-refractivity contribution in [3.63, 3.8) is 0 Å². The first kappa shape index (κ1) is 21.9. The van der Waals surface area contributed by atoms with Crippen LogP contribution in [0.25, 0.3) is 16.5 Å². The smallest absolute Gasteiger partial charge is 0.275 e. The second kappa shape index (κ2) is 9.07. The number of carbonyl (C=O) groups is 1. The number of nitrogens with zero attached hydrogens (tertiary/aromatic N) is 2. The van der Waals surface area contributed by atoms with Crippen LogP contribution in [0, 0.1) is 13.8 Å². The van der Waals surface area contributed by atoms with Crippen LogP contribution in [0.5, 0.6) is 5.75 Å². The van der Waals surface area contributed by atoms with Gasteiger partial charge in [0.05, 0.1) is 34.6 Å². The highest BCUT2D eigenvalue weighted by molar-refractivity contribution is 6.43. The molecule has 32 heavy (non-hydrogen) atoms. The van der Waals surface area contributed by atoms with Crippen LogP contribution in [0.1, 0.15) is 27.3 Å². The molecular formula is C25H21Cl2N3O2. The van der Waals surface area contributed by atoms with E-state index in [0.29, 0.717) is 21.4 Å². The molecule has 5 nitrogen and oxygen atoms in total. The first-order chi connectivity index (χ1) is 15.4. The van der Waals surface area contributed by atoms with E-state index in [4.69, 9.17) is 27.9 Å². The molecule has 1 heterocycles. The molecule has 0 aliphatic carbocycles. The molecule has 4 rings (SSSR count). The summed E-state index contributed by atoms with van der Waals surface area (Å²) in [5.74, 6) is 0.140. The number of hydrogen-bond donors (Lipinski definition) is 1. The van der Waals surface area contributed by atoms with Gasteiger partial charge in [0.15, 0.2) is 0 Å². The standard InChI is InChI=1S/C25H21Cl2N3O2/c1-15-11-19(16(2)30(15)22-10-6-9-21(26)24(22)27)14-28-29-25(31)20-12-17-7-4-5-8-18(17)13-23(20)32-3/h4-14H,1-3H3,(H,29,31). The summed E-state index contributed by atoms with van der Waals surface area (Å²) in [6, 6.07) is 18.9. The van der Waals surface area contributed by atoms with Crippen molar-refractivity contribution >= 4 is 46.1 Å². The summed E-state index contributed by atoms with van der Waals surface area (Å²) >= 11 is 12.6. The summed E-state index contributed by atoms with van der Waals surface area (Å²) in [6.45, 7) is 3.93. The number of hydrazone groups is 1. The van der Waals surface area contributed by atoms with E-state index >= 15 is 0 Å². The summed E-state index contributed by atoms with van der Waals surface area (Å²) in [6.07, 6.45) is 1.61. The van der Waals surface area contributed by atoms with Crippen LogP contribution in [0.2, 0.25) is 10.0 Å². The Morgan fingerprint density at radius 2 is 1.75 bits per heavy atom. The van der Waals surface area contributed by atoms with E-state index in [1.54, 1.807) is 25.5 Å². The molecule has 0 atom stereocenters. The minimum absolute atomic E-state index is 0.351. The zero-order valence-electron chi connectivity index (χ0n) is 17.8. The first-order valence-corrected chi connectivity index (χ1v) is 10.7. The molecular weight excluding hydrogens is 445 g/mol. The monoisotopic (exact) mass is 465 g/mol. The Morgan fingerprint density at radius 3 is 2.47 bits per heavy atom. The Bertz CT molecular complexity index is 1360. The van der Waals surface area contributed by atoms with Gasteiger partial charge < -0.3 is 9.30 Å². The first-order valence-electron chi connectivity index (χ1n) is 9.94. The van der Waals surface area contributed by atoms with Crippen LogP contribution in [-0.2, 0) is 0 Å². The van der Waals surface area contributed by atoms with E-state index in [0.717, 1.165) is 33.4 Å². The van der Waals surface area contributed by atoms with E-state index < -0.39 is 0 Å². The highest BCUT2D eigenvalue weighted by Gasteiger charge is 2.15. The maximum atomic E-state index is 12.8. The van der Waals surface area contributed by atoms with Gasteiger partial charge in [-0.2, -0.15) is 5.10 Å². The van der Waals surface area contributed by atoms with Crippen LogP contribution in [0.4, 0.5) is 0 Å². The van der Waals surface area contributed by atoms with Crippen LogP contribution < -0.4 is 10.2 Å². The molecule has 4 aromatic rings. The lowest BCUT2D eigenvalue weighted by molar-refractivity contribution is 0.0952. The Labute approximate surface area is 196 Å². The molecule has 1 N–H and O–H groups in total. The number of carbonyl (C=O) groups excluding carboxylic acids is 1. The molecule has 0 spiro atoms. The third kappa shape index (κ3) is 4.09. The number of benzene rings is 3. The van der Waals surface area contributed by atoms with Gasteiger partial charge in [-0.15, -0.1) is 0 Å². The van der Waals surface area contributed by atoms with Crippen molar-refractivity contribution in [2.45, 2.75) is 13.8 Å². The lowest BCUT2D eigenvalue weighted by Crippen LogP contribution is -2.18. The average Bonchev–Trinajstić information content (AvgIpc) is 3.07. The largest absolute Gasteiger partial charge is 0.496 e. The lowest BCUT2D eigenvalue weighted by Gasteiger charge is -2.12. The molecule has 1 amide bonds. The summed E-state index contributed by atoms with van der Waals surface area (Å²) in [7, 11) is 1.54. The fourth-order valence-corrected chi connectivity index (χ4v) is 4.12. The number of fused-ring (bicyclic) bond motifs is 1. The third-order valence-electron chi connectivity index (χ3n) is 5.32. The van der Waals surface area contributed by atoms with E-state index in [1.165, 1.54) is 0 Å². The van der Waals surface area contributed by atoms with Crippen LogP contribution in [-0.4, -0.2) is 23.8 Å². The molecule has 0 fully saturated rings. The third-order valence-corrected chi connectivity index (χ3v) is 6.13. The minimum atomic E-state index is -0.351. The summed E-state index contributed by atoms with van der Waals surface area (Å²) in [4.78, 5) is 12.8. The fourth-order valence-electron chi connectivity index (χ4n) is 3.74. The SMILES string of the molecule is COc1cc2ccccc2cc1C(=O)NN=Cc1cc(C)n(-c2cccc(Cl)c2Cl)c1C. The Morgan fingerprint density at radius 1 is 1.03 bits per heavy atom. The van der Waals surface area contributed by atoms with E-state index in [2.05, 4.69) is 10.5 Å². The lowest BCUT2D eigenvalue weighted by atomic mass is 10.1. The number of rotatable bonds is 5. The Balaban J connectivity index is 1.59. The summed E-state index contributed by atoms with van der Waals surface area (Å²) in [5, 5.41) is 7.09. The Hall–Kier alpha value is -3.28. The minimum Gasteiger partial charge on any atom is -0.496 e. The second-order valence-electron chi connectivity index (χ2n) is 7.33. The normalized spacial score (nSPS) is 11.3. The predicted octanol–water partition coefficient (Wildman–Crippen LogP) is 6.33. The molecule has 162 valence electrons. The number of hydrogen-bond acceptors (Lipinski definition) is 3. The Kier molecular flexibility index (Phi) is 6.21. The van der Waals surface area contributed by atoms with Gasteiger partial charge in [-0.05, 0) is 55.0 Å². The van der Waals surface area contributed by atoms with Crippen molar-refractivity contribution in [2.75, 3.05) is 7.11 Å². The van der Waals surface area contributed by atoms with Gasteiger partial charge in [-0.25, -0.2) is 5.43 Å². The second-order valence-corrected chi connectivity index (χ2v) is 8.12. The van der Waals surface area contributed by atoms with Gasteiger partial charge in [0.2, 0.25) is 0 Å². The van der Waals surface area contributed by atoms with Crippen molar-refractivity contribution in [1.82, 2.24) is 9.99 Å². The number of nitrogens with one attached hydrogen (secondary N) is 1. The van der Waals surface area contributed by atoms with E-state index in [9.17, 15) is 4.79 Å². The quantitative estimate of drug-likeness (QED) is 0.276. The molecule has 7 heteroatoms. The number of ether oxygens (including phenoxy) is 1. The summed E-state index contributed by atoms with van der Waals surface area (Å²) in [5.41, 5.74) is 6.55. The molecule has 0 bridgehead atoms. The molecule has 3 aromatic carbocycles. The maximum Gasteiger partial charge on any atom is 0.275 e. The molecule has 0 unspecified atom stereocenters. The van der Waals surface area contributed by atoms with Gasteiger partial charge in [-0.3, -0.25) is 4.79 Å². The van der Waals surface area contributed by atoms with Gasteiger partial charge >= 0.3 is 0 Å². The fraction of sp³-hybridized carbons (Fsp3) is 0.120. The van der Waals surface area contributed by atoms with Crippen molar-refractivity contribution in [3.8, 4) is 11.4 Å². The zero-order chi connectivity index (χ0) is 22.8. The van der Waals surface area contributed by atoms with Crippen LogP contribution in [0.3, 0.4) is 0 Å². The number of methoxy groups -OCH3 is 1. The molecule has 0 radical (unpaired) electrons. The maximum absolute atomic E-state index is 12.8. The number of aromatic nitrogens is 1. The van der Waals surface area contributed by atoms with Crippen LogP contribution in [0.15, 0.2) is 65.8 Å². The number of aryl methyl sites for hydroxylation is 1. The van der Waals surface area contributed by atoms with Crippen LogP contribution >= 0.6 is 23.2 Å². The van der Waals surface area contributed by atoms with Crippen molar-refractivity contribution in [2.24, 2.45) is 5.10 Å². The molecule has 0 saturated heterocycles. The van der Waals surface area contributed by atoms with Gasteiger partial charge in [-0.1, -0.05) is 53.5 Å². The molecule has 0 aliphatic rings. The number of halogens is 2. The molecule has 0 saturated carbocycles. The van der Waals surface area contributed by atoms with Gasteiger partial charge in [0.25, 0.3) is 5.91 Å². The van der Waals surface area contributed by atoms with Crippen molar-refractivity contribution < 1.29 is 9.53 Å². The molecule has 0 aliphatic heterocycles. The van der Waals surface area contributed by atoms with Crippen molar-refractivity contribution in [3.05, 3.63) is 93.2 Å². The zero-order valence-corrected chi connectivity index (χ0v) is 19.3. The van der Waals surface area contributed by atoms with Crippen molar-refractivity contribution in [1.29, 1.82) is 0 Å². The average molecular weight is 466 g/mol. The summed E-state index contributed by atoms with van der Waals surface area (Å²) < 4.78 is 7.41. The van der Waals surface area contributed by atoms with Gasteiger partial charge in [0.1, 0.15) is 5.75 Å². The van der Waals surface area contributed by atoms with Gasteiger partial charge in [0, 0.05) is 17.0 Å². The molecule has 1 aromatic heterocycles. The van der Waals surface area contributed by atoms with E-state index in [1.807, 2.05) is 66.9 Å². The number of amides is 1. The highest BCUT2D eigenvalue weighted by Crippen LogP contribution is 2.31.